The summed E-state index contributed by atoms with van der Waals surface area (Å²) in [5.74, 6) is 0.0836. The van der Waals surface area contributed by atoms with Gasteiger partial charge in [-0.25, -0.2) is 0 Å². The summed E-state index contributed by atoms with van der Waals surface area (Å²) < 4.78 is 11.3. The zero-order valence-electron chi connectivity index (χ0n) is 20.5. The van der Waals surface area contributed by atoms with E-state index in [1.807, 2.05) is 62.4 Å². The summed E-state index contributed by atoms with van der Waals surface area (Å²) in [6.07, 6.45) is 0.786. The normalized spacial score (nSPS) is 13.3. The number of benzene rings is 3. The molecule has 186 valence electrons. The fourth-order valence-electron chi connectivity index (χ4n) is 4.33. The Kier molecular flexibility index (Phi) is 8.00. The third-order valence-electron chi connectivity index (χ3n) is 6.03. The summed E-state index contributed by atoms with van der Waals surface area (Å²) in [4.78, 5) is 40.7. The number of amides is 3. The molecule has 4 rings (SSSR count). The number of carbonyl (C=O) groups is 3. The molecule has 7 nitrogen and oxygen atoms in total. The van der Waals surface area contributed by atoms with Gasteiger partial charge in [-0.2, -0.15) is 0 Å². The lowest BCUT2D eigenvalue weighted by Gasteiger charge is -2.25. The molecule has 1 aliphatic heterocycles. The van der Waals surface area contributed by atoms with Crippen LogP contribution in [0.3, 0.4) is 0 Å². The van der Waals surface area contributed by atoms with Crippen LogP contribution in [-0.2, 0) is 17.6 Å². The van der Waals surface area contributed by atoms with E-state index in [1.165, 1.54) is 0 Å². The van der Waals surface area contributed by atoms with Crippen LogP contribution in [0.1, 0.15) is 45.7 Å². The molecule has 1 heterocycles. The Balaban J connectivity index is 1.49. The van der Waals surface area contributed by atoms with Crippen LogP contribution in [0.5, 0.6) is 11.5 Å². The Morgan fingerprint density at radius 3 is 2.06 bits per heavy atom. The molecular formula is C29H30N2O5. The van der Waals surface area contributed by atoms with Gasteiger partial charge in [0.25, 0.3) is 11.8 Å². The zero-order chi connectivity index (χ0) is 25.5. The molecule has 0 fully saturated rings. The van der Waals surface area contributed by atoms with Crippen molar-refractivity contribution in [3.05, 3.63) is 95.1 Å². The van der Waals surface area contributed by atoms with E-state index in [-0.39, 0.29) is 12.3 Å². The lowest BCUT2D eigenvalue weighted by Crippen LogP contribution is -2.51. The fraction of sp³-hybridized carbons (Fsp3) is 0.276. The van der Waals surface area contributed by atoms with Crippen molar-refractivity contribution in [2.24, 2.45) is 0 Å². The molecule has 0 aliphatic carbocycles. The molecule has 0 radical (unpaired) electrons. The Hall–Kier alpha value is -4.13. The molecule has 0 saturated carbocycles. The van der Waals surface area contributed by atoms with Crippen LogP contribution < -0.4 is 14.8 Å². The number of hydrogen-bond donors (Lipinski definition) is 1. The highest BCUT2D eigenvalue weighted by Gasteiger charge is 2.42. The second-order valence-electron chi connectivity index (χ2n) is 8.42. The van der Waals surface area contributed by atoms with E-state index in [9.17, 15) is 14.4 Å². The molecule has 36 heavy (non-hydrogen) atoms. The number of ether oxygens (including phenoxy) is 2. The van der Waals surface area contributed by atoms with E-state index in [0.29, 0.717) is 48.8 Å². The third kappa shape index (κ3) is 5.40. The molecule has 0 spiro atoms. The summed E-state index contributed by atoms with van der Waals surface area (Å²) in [6, 6.07) is 20.8. The van der Waals surface area contributed by atoms with E-state index in [2.05, 4.69) is 5.32 Å². The van der Waals surface area contributed by atoms with Crippen molar-refractivity contribution in [3.8, 4) is 11.5 Å². The number of nitrogens with zero attached hydrogens (tertiary/aromatic N) is 1. The van der Waals surface area contributed by atoms with Crippen LogP contribution in [0.25, 0.3) is 0 Å². The van der Waals surface area contributed by atoms with Gasteiger partial charge in [-0.05, 0) is 55.7 Å². The topological polar surface area (TPSA) is 84.9 Å². The summed E-state index contributed by atoms with van der Waals surface area (Å²) in [7, 11) is 0. The van der Waals surface area contributed by atoms with Crippen molar-refractivity contribution in [2.75, 3.05) is 19.8 Å². The molecule has 0 saturated heterocycles. The molecular weight excluding hydrogens is 456 g/mol. The number of carbonyl (C=O) groups excluding carboxylic acids is 3. The Morgan fingerprint density at radius 2 is 1.42 bits per heavy atom. The van der Waals surface area contributed by atoms with E-state index < -0.39 is 17.9 Å². The van der Waals surface area contributed by atoms with Crippen molar-refractivity contribution in [1.82, 2.24) is 10.2 Å². The molecule has 7 heteroatoms. The summed E-state index contributed by atoms with van der Waals surface area (Å²) >= 11 is 0. The molecule has 1 aliphatic rings. The fourth-order valence-corrected chi connectivity index (χ4v) is 4.33. The first-order valence-electron chi connectivity index (χ1n) is 12.2. The van der Waals surface area contributed by atoms with Gasteiger partial charge < -0.3 is 14.8 Å². The maximum Gasteiger partial charge on any atom is 0.262 e. The average Bonchev–Trinajstić information content (AvgIpc) is 3.14. The minimum atomic E-state index is -0.959. The van der Waals surface area contributed by atoms with Gasteiger partial charge >= 0.3 is 0 Å². The number of hydrogen-bond acceptors (Lipinski definition) is 5. The van der Waals surface area contributed by atoms with E-state index in [0.717, 1.165) is 16.0 Å². The van der Waals surface area contributed by atoms with Gasteiger partial charge in [0.1, 0.15) is 6.04 Å². The first-order valence-corrected chi connectivity index (χ1v) is 12.2. The summed E-state index contributed by atoms with van der Waals surface area (Å²) in [5.41, 5.74) is 2.49. The lowest BCUT2D eigenvalue weighted by atomic mass is 10.0. The maximum atomic E-state index is 13.4. The van der Waals surface area contributed by atoms with Gasteiger partial charge in [0, 0.05) is 13.0 Å². The highest BCUT2D eigenvalue weighted by Crippen LogP contribution is 2.29. The van der Waals surface area contributed by atoms with Gasteiger partial charge in [0.05, 0.1) is 24.3 Å². The second-order valence-corrected chi connectivity index (χ2v) is 8.42. The summed E-state index contributed by atoms with van der Waals surface area (Å²) in [6.45, 7) is 5.22. The van der Waals surface area contributed by atoms with Crippen LogP contribution in [0, 0.1) is 0 Å². The second kappa shape index (κ2) is 11.5. The molecule has 3 aromatic rings. The van der Waals surface area contributed by atoms with E-state index in [4.69, 9.17) is 9.47 Å². The molecule has 3 amide bonds. The van der Waals surface area contributed by atoms with Gasteiger partial charge in [-0.15, -0.1) is 0 Å². The number of imide groups is 1. The van der Waals surface area contributed by atoms with Gasteiger partial charge in [-0.3, -0.25) is 19.3 Å². The minimum absolute atomic E-state index is 0.232. The van der Waals surface area contributed by atoms with E-state index in [1.54, 1.807) is 24.3 Å². The molecule has 1 atom stereocenters. The van der Waals surface area contributed by atoms with Crippen LogP contribution in [0.2, 0.25) is 0 Å². The van der Waals surface area contributed by atoms with Crippen molar-refractivity contribution in [3.63, 3.8) is 0 Å². The smallest absolute Gasteiger partial charge is 0.262 e. The standard InChI is InChI=1S/C29H30N2O5/c1-3-35-25-15-14-21(19-26(25)36-4-2)16-17-30-27(32)24(18-20-10-6-5-7-11-20)31-28(33)22-12-8-9-13-23(22)29(31)34/h5-15,19,24H,3-4,16-18H2,1-2H3,(H,30,32). The SMILES string of the molecule is CCOc1ccc(CCNC(=O)C(Cc2ccccc2)N2C(=O)c3ccccc3C2=O)cc1OCC. The van der Waals surface area contributed by atoms with Crippen LogP contribution >= 0.6 is 0 Å². The lowest BCUT2D eigenvalue weighted by molar-refractivity contribution is -0.125. The number of fused-ring (bicyclic) bond motifs is 1. The monoisotopic (exact) mass is 486 g/mol. The predicted octanol–water partition coefficient (Wildman–Crippen LogP) is 4.05. The van der Waals surface area contributed by atoms with Crippen LogP contribution in [0.4, 0.5) is 0 Å². The highest BCUT2D eigenvalue weighted by atomic mass is 16.5. The average molecular weight is 487 g/mol. The highest BCUT2D eigenvalue weighted by molar-refractivity contribution is 6.22. The van der Waals surface area contributed by atoms with Gasteiger partial charge in [0.15, 0.2) is 11.5 Å². The Morgan fingerprint density at radius 1 is 0.806 bits per heavy atom. The molecule has 1 unspecified atom stereocenters. The van der Waals surface area contributed by atoms with Crippen molar-refractivity contribution in [2.45, 2.75) is 32.7 Å². The predicted molar refractivity (Wildman–Crippen MR) is 136 cm³/mol. The van der Waals surface area contributed by atoms with Crippen molar-refractivity contribution in [1.29, 1.82) is 0 Å². The molecule has 0 bridgehead atoms. The van der Waals surface area contributed by atoms with Crippen molar-refractivity contribution < 1.29 is 23.9 Å². The molecule has 0 aromatic heterocycles. The maximum absolute atomic E-state index is 13.4. The molecule has 3 aromatic carbocycles. The van der Waals surface area contributed by atoms with Crippen LogP contribution in [0.15, 0.2) is 72.8 Å². The van der Waals surface area contributed by atoms with E-state index >= 15 is 0 Å². The Bertz CT molecular complexity index is 1210. The zero-order valence-corrected chi connectivity index (χ0v) is 20.5. The van der Waals surface area contributed by atoms with Crippen molar-refractivity contribution >= 4 is 17.7 Å². The van der Waals surface area contributed by atoms with Gasteiger partial charge in [0.2, 0.25) is 5.91 Å². The number of nitrogens with one attached hydrogen (secondary N) is 1. The number of rotatable bonds is 11. The van der Waals surface area contributed by atoms with Crippen LogP contribution in [-0.4, -0.2) is 48.4 Å². The quantitative estimate of drug-likeness (QED) is 0.414. The largest absolute Gasteiger partial charge is 0.490 e. The first-order chi connectivity index (χ1) is 17.5. The minimum Gasteiger partial charge on any atom is -0.490 e. The Labute approximate surface area is 211 Å². The molecule has 1 N–H and O–H groups in total. The van der Waals surface area contributed by atoms with Gasteiger partial charge in [-0.1, -0.05) is 48.5 Å². The first kappa shape index (κ1) is 25.0. The third-order valence-corrected chi connectivity index (χ3v) is 6.03. The summed E-state index contributed by atoms with van der Waals surface area (Å²) in [5, 5.41) is 2.93.